The zero-order chi connectivity index (χ0) is 13.5. The number of methoxy groups -OCH3 is 2. The third kappa shape index (κ3) is 3.61. The van der Waals surface area contributed by atoms with Gasteiger partial charge in [-0.3, -0.25) is 4.79 Å². The number of ether oxygens (including phenoxy) is 2. The number of nitrogens with one attached hydrogen (secondary N) is 1. The third-order valence-electron chi connectivity index (χ3n) is 2.36. The molecule has 6 heteroatoms. The first kappa shape index (κ1) is 14.3. The van der Waals surface area contributed by atoms with Gasteiger partial charge in [-0.15, -0.1) is 0 Å². The fourth-order valence-electron chi connectivity index (χ4n) is 1.44. The van der Waals surface area contributed by atoms with E-state index in [1.54, 1.807) is 0 Å². The van der Waals surface area contributed by atoms with E-state index in [9.17, 15) is 9.90 Å². The Labute approximate surface area is 105 Å². The Morgan fingerprint density at radius 3 is 2.67 bits per heavy atom. The molecule has 18 heavy (non-hydrogen) atoms. The van der Waals surface area contributed by atoms with Crippen molar-refractivity contribution in [2.45, 2.75) is 6.04 Å². The maximum absolute atomic E-state index is 11.8. The molecule has 0 saturated heterocycles. The lowest BCUT2D eigenvalue weighted by Gasteiger charge is -2.15. The second-order valence-electron chi connectivity index (χ2n) is 3.69. The number of phenolic OH excluding ortho intramolecular Hbond substituents is 1. The van der Waals surface area contributed by atoms with Gasteiger partial charge in [-0.1, -0.05) is 0 Å². The summed E-state index contributed by atoms with van der Waals surface area (Å²) >= 11 is 0. The Hall–Kier alpha value is -1.79. The number of aliphatic hydroxyl groups excluding tert-OH is 1. The maximum atomic E-state index is 11.8. The smallest absolute Gasteiger partial charge is 0.251 e. The van der Waals surface area contributed by atoms with E-state index in [2.05, 4.69) is 5.32 Å². The summed E-state index contributed by atoms with van der Waals surface area (Å²) in [6, 6.07) is 3.84. The molecule has 0 saturated carbocycles. The quantitative estimate of drug-likeness (QED) is 0.673. The van der Waals surface area contributed by atoms with Crippen LogP contribution in [0, 0.1) is 0 Å². The molecule has 0 fully saturated rings. The normalized spacial score (nSPS) is 11.9. The second-order valence-corrected chi connectivity index (χ2v) is 3.69. The van der Waals surface area contributed by atoms with Gasteiger partial charge in [0, 0.05) is 12.7 Å². The van der Waals surface area contributed by atoms with E-state index in [1.165, 1.54) is 32.4 Å². The van der Waals surface area contributed by atoms with Crippen LogP contribution in [0.2, 0.25) is 0 Å². The molecule has 1 rings (SSSR count). The highest BCUT2D eigenvalue weighted by molar-refractivity contribution is 5.95. The van der Waals surface area contributed by atoms with E-state index in [0.717, 1.165) is 0 Å². The molecule has 1 aromatic carbocycles. The minimum Gasteiger partial charge on any atom is -0.504 e. The van der Waals surface area contributed by atoms with Crippen LogP contribution >= 0.6 is 0 Å². The zero-order valence-electron chi connectivity index (χ0n) is 10.3. The Balaban J connectivity index is 2.74. The molecule has 0 aliphatic heterocycles. The Morgan fingerprint density at radius 2 is 2.17 bits per heavy atom. The van der Waals surface area contributed by atoms with Crippen molar-refractivity contribution in [3.63, 3.8) is 0 Å². The summed E-state index contributed by atoms with van der Waals surface area (Å²) in [5, 5.41) is 21.2. The monoisotopic (exact) mass is 255 g/mol. The number of aliphatic hydroxyl groups is 1. The number of phenols is 1. The number of benzene rings is 1. The molecule has 1 atom stereocenters. The summed E-state index contributed by atoms with van der Waals surface area (Å²) in [6.07, 6.45) is 0. The largest absolute Gasteiger partial charge is 0.504 e. The Bertz CT molecular complexity index is 407. The summed E-state index contributed by atoms with van der Waals surface area (Å²) in [7, 11) is 2.91. The Kier molecular flexibility index (Phi) is 5.41. The van der Waals surface area contributed by atoms with Crippen LogP contribution in [0.25, 0.3) is 0 Å². The van der Waals surface area contributed by atoms with Crippen LogP contribution in [-0.4, -0.2) is 49.6 Å². The van der Waals surface area contributed by atoms with E-state index in [-0.39, 0.29) is 24.5 Å². The molecule has 1 unspecified atom stereocenters. The minimum absolute atomic E-state index is 0.113. The van der Waals surface area contributed by atoms with Crippen molar-refractivity contribution < 1.29 is 24.5 Å². The van der Waals surface area contributed by atoms with Crippen LogP contribution < -0.4 is 10.1 Å². The first-order valence-corrected chi connectivity index (χ1v) is 5.40. The van der Waals surface area contributed by atoms with Gasteiger partial charge in [-0.25, -0.2) is 0 Å². The number of rotatable bonds is 6. The molecule has 0 radical (unpaired) electrons. The van der Waals surface area contributed by atoms with Crippen molar-refractivity contribution >= 4 is 5.91 Å². The van der Waals surface area contributed by atoms with Gasteiger partial charge in [0.05, 0.1) is 26.4 Å². The predicted molar refractivity (Wildman–Crippen MR) is 64.9 cm³/mol. The average molecular weight is 255 g/mol. The zero-order valence-corrected chi connectivity index (χ0v) is 10.3. The molecule has 0 aromatic heterocycles. The highest BCUT2D eigenvalue weighted by Gasteiger charge is 2.14. The van der Waals surface area contributed by atoms with Crippen LogP contribution in [0.1, 0.15) is 10.4 Å². The van der Waals surface area contributed by atoms with Gasteiger partial charge in [0.15, 0.2) is 11.5 Å². The van der Waals surface area contributed by atoms with Crippen molar-refractivity contribution in [3.8, 4) is 11.5 Å². The number of carbonyl (C=O) groups is 1. The Morgan fingerprint density at radius 1 is 1.44 bits per heavy atom. The molecule has 1 amide bonds. The highest BCUT2D eigenvalue weighted by Crippen LogP contribution is 2.26. The van der Waals surface area contributed by atoms with E-state index in [4.69, 9.17) is 14.6 Å². The molecule has 100 valence electrons. The molecule has 0 spiro atoms. The summed E-state index contributed by atoms with van der Waals surface area (Å²) in [6.45, 7) is -0.00784. The van der Waals surface area contributed by atoms with Gasteiger partial charge in [0.25, 0.3) is 5.91 Å². The standard InChI is InChI=1S/C12H17NO5/c1-17-7-9(6-14)13-12(16)8-3-4-11(18-2)10(15)5-8/h3-5,9,14-15H,6-7H2,1-2H3,(H,13,16). The molecule has 3 N–H and O–H groups in total. The molecule has 0 heterocycles. The minimum atomic E-state index is -0.480. The van der Waals surface area contributed by atoms with Crippen molar-refractivity contribution in [1.82, 2.24) is 5.32 Å². The first-order valence-electron chi connectivity index (χ1n) is 5.40. The summed E-state index contributed by atoms with van der Waals surface area (Å²) in [5.41, 5.74) is 0.280. The summed E-state index contributed by atoms with van der Waals surface area (Å²) in [5.74, 6) is -0.219. The molecular weight excluding hydrogens is 238 g/mol. The van der Waals surface area contributed by atoms with Gasteiger partial charge < -0.3 is 25.0 Å². The van der Waals surface area contributed by atoms with Gasteiger partial charge in [-0.05, 0) is 18.2 Å². The van der Waals surface area contributed by atoms with E-state index in [0.29, 0.717) is 5.75 Å². The van der Waals surface area contributed by atoms with Gasteiger partial charge in [0.2, 0.25) is 0 Å². The molecule has 1 aromatic rings. The van der Waals surface area contributed by atoms with Gasteiger partial charge >= 0.3 is 0 Å². The molecule has 0 aliphatic rings. The highest BCUT2D eigenvalue weighted by atomic mass is 16.5. The number of hydrogen-bond acceptors (Lipinski definition) is 5. The van der Waals surface area contributed by atoms with Crippen molar-refractivity contribution in [2.24, 2.45) is 0 Å². The van der Waals surface area contributed by atoms with Gasteiger partial charge in [-0.2, -0.15) is 0 Å². The topological polar surface area (TPSA) is 88.0 Å². The first-order chi connectivity index (χ1) is 8.62. The summed E-state index contributed by atoms with van der Waals surface area (Å²) < 4.78 is 9.73. The summed E-state index contributed by atoms with van der Waals surface area (Å²) in [4.78, 5) is 11.8. The van der Waals surface area contributed by atoms with E-state index in [1.807, 2.05) is 0 Å². The molecule has 0 bridgehead atoms. The van der Waals surface area contributed by atoms with Crippen molar-refractivity contribution in [3.05, 3.63) is 23.8 Å². The van der Waals surface area contributed by atoms with Crippen LogP contribution in [0.5, 0.6) is 11.5 Å². The lowest BCUT2D eigenvalue weighted by molar-refractivity contribution is 0.0839. The van der Waals surface area contributed by atoms with Crippen LogP contribution in [0.15, 0.2) is 18.2 Å². The SMILES string of the molecule is COCC(CO)NC(=O)c1ccc(OC)c(O)c1. The molecular formula is C12H17NO5. The van der Waals surface area contributed by atoms with Crippen LogP contribution in [0.4, 0.5) is 0 Å². The lowest BCUT2D eigenvalue weighted by Crippen LogP contribution is -2.40. The second kappa shape index (κ2) is 6.83. The lowest BCUT2D eigenvalue weighted by atomic mass is 10.1. The van der Waals surface area contributed by atoms with Crippen LogP contribution in [0.3, 0.4) is 0 Å². The van der Waals surface area contributed by atoms with Crippen LogP contribution in [-0.2, 0) is 4.74 Å². The predicted octanol–water partition coefficient (Wildman–Crippen LogP) is 0.138. The molecule has 6 nitrogen and oxygen atoms in total. The van der Waals surface area contributed by atoms with E-state index >= 15 is 0 Å². The fourth-order valence-corrected chi connectivity index (χ4v) is 1.44. The maximum Gasteiger partial charge on any atom is 0.251 e. The fraction of sp³-hybridized carbons (Fsp3) is 0.417. The van der Waals surface area contributed by atoms with E-state index < -0.39 is 11.9 Å². The average Bonchev–Trinajstić information content (AvgIpc) is 2.37. The third-order valence-corrected chi connectivity index (χ3v) is 2.36. The van der Waals surface area contributed by atoms with Gasteiger partial charge in [0.1, 0.15) is 0 Å². The molecule has 0 aliphatic carbocycles. The number of amides is 1. The number of aromatic hydroxyl groups is 1. The van der Waals surface area contributed by atoms with Crippen molar-refractivity contribution in [2.75, 3.05) is 27.4 Å². The number of hydrogen-bond donors (Lipinski definition) is 3. The number of carbonyl (C=O) groups excluding carboxylic acids is 1. The van der Waals surface area contributed by atoms with Crippen molar-refractivity contribution in [1.29, 1.82) is 0 Å².